The lowest BCUT2D eigenvalue weighted by molar-refractivity contribution is 0.415. The predicted molar refractivity (Wildman–Crippen MR) is 72.7 cm³/mol. The third kappa shape index (κ3) is 2.48. The summed E-state index contributed by atoms with van der Waals surface area (Å²) in [5.41, 5.74) is 0.635. The van der Waals surface area contributed by atoms with Crippen molar-refractivity contribution >= 4 is 15.9 Å². The lowest BCUT2D eigenvalue weighted by Gasteiger charge is -2.02. The van der Waals surface area contributed by atoms with Gasteiger partial charge in [-0.25, -0.2) is 4.68 Å². The van der Waals surface area contributed by atoms with Crippen LogP contribution in [0.5, 0.6) is 0 Å². The van der Waals surface area contributed by atoms with Gasteiger partial charge in [0.1, 0.15) is 6.54 Å². The zero-order valence-corrected chi connectivity index (χ0v) is 12.5. The molecule has 0 saturated heterocycles. The molecule has 0 aliphatic carbocycles. The summed E-state index contributed by atoms with van der Waals surface area (Å²) in [7, 11) is 0. The average molecular weight is 338 g/mol. The molecule has 8 nitrogen and oxygen atoms in total. The number of hydrogen-bond acceptors (Lipinski definition) is 6. The molecule has 0 spiro atoms. The van der Waals surface area contributed by atoms with Gasteiger partial charge in [-0.1, -0.05) is 10.4 Å². The average Bonchev–Trinajstić information content (AvgIpc) is 3.10. The number of hydrogen-bond donors (Lipinski definition) is 0. The molecule has 104 valence electrons. The zero-order chi connectivity index (χ0) is 14.1. The van der Waals surface area contributed by atoms with Crippen LogP contribution in [0.1, 0.15) is 25.7 Å². The van der Waals surface area contributed by atoms with Crippen molar-refractivity contribution in [2.75, 3.05) is 0 Å². The number of aromatic nitrogens is 7. The molecule has 0 unspecified atom stereocenters. The van der Waals surface area contributed by atoms with Crippen LogP contribution in [0.3, 0.4) is 0 Å². The summed E-state index contributed by atoms with van der Waals surface area (Å²) < 4.78 is 9.52. The van der Waals surface area contributed by atoms with Gasteiger partial charge in [-0.15, -0.1) is 5.10 Å². The van der Waals surface area contributed by atoms with Crippen molar-refractivity contribution in [2.45, 2.75) is 26.4 Å². The second-order valence-electron chi connectivity index (χ2n) is 4.52. The van der Waals surface area contributed by atoms with Gasteiger partial charge in [0.15, 0.2) is 11.5 Å². The maximum Gasteiger partial charge on any atom is 0.279 e. The molecule has 0 saturated carbocycles. The highest BCUT2D eigenvalue weighted by atomic mass is 79.9. The SMILES string of the molecule is CC(C)n1cc(Br)c(-c2nc(Cn3ccnn3)no2)n1. The summed E-state index contributed by atoms with van der Waals surface area (Å²) >= 11 is 3.45. The van der Waals surface area contributed by atoms with E-state index in [1.807, 2.05) is 24.7 Å². The van der Waals surface area contributed by atoms with Crippen molar-refractivity contribution in [2.24, 2.45) is 0 Å². The van der Waals surface area contributed by atoms with Crippen LogP contribution in [-0.2, 0) is 6.54 Å². The van der Waals surface area contributed by atoms with Crippen LogP contribution in [-0.4, -0.2) is 34.9 Å². The predicted octanol–water partition coefficient (Wildman–Crippen LogP) is 1.92. The van der Waals surface area contributed by atoms with Gasteiger partial charge in [0, 0.05) is 18.4 Å². The van der Waals surface area contributed by atoms with Crippen LogP contribution in [0, 0.1) is 0 Å². The maximum absolute atomic E-state index is 5.24. The van der Waals surface area contributed by atoms with Crippen molar-refractivity contribution in [3.63, 3.8) is 0 Å². The molecule has 0 amide bonds. The Morgan fingerprint density at radius 3 is 2.90 bits per heavy atom. The Bertz CT molecular complexity index is 700. The summed E-state index contributed by atoms with van der Waals surface area (Å²) in [6.07, 6.45) is 5.22. The molecule has 20 heavy (non-hydrogen) atoms. The topological polar surface area (TPSA) is 87.5 Å². The third-order valence-electron chi connectivity index (χ3n) is 2.66. The Balaban J connectivity index is 1.86. The lowest BCUT2D eigenvalue weighted by atomic mass is 10.4. The number of rotatable bonds is 4. The van der Waals surface area contributed by atoms with Crippen LogP contribution in [0.25, 0.3) is 11.6 Å². The van der Waals surface area contributed by atoms with Gasteiger partial charge < -0.3 is 4.52 Å². The zero-order valence-electron chi connectivity index (χ0n) is 10.9. The van der Waals surface area contributed by atoms with Gasteiger partial charge in [-0.2, -0.15) is 10.1 Å². The Morgan fingerprint density at radius 2 is 2.25 bits per heavy atom. The van der Waals surface area contributed by atoms with Crippen molar-refractivity contribution in [1.29, 1.82) is 0 Å². The minimum atomic E-state index is 0.262. The minimum Gasteiger partial charge on any atom is -0.332 e. The highest BCUT2D eigenvalue weighted by Crippen LogP contribution is 2.26. The van der Waals surface area contributed by atoms with Crippen LogP contribution in [0.2, 0.25) is 0 Å². The van der Waals surface area contributed by atoms with Crippen molar-refractivity contribution in [3.05, 3.63) is 28.9 Å². The van der Waals surface area contributed by atoms with Crippen molar-refractivity contribution in [3.8, 4) is 11.6 Å². The molecule has 0 aliphatic rings. The van der Waals surface area contributed by atoms with Crippen molar-refractivity contribution < 1.29 is 4.52 Å². The highest BCUT2D eigenvalue weighted by Gasteiger charge is 2.17. The quantitative estimate of drug-likeness (QED) is 0.722. The molecule has 3 aromatic rings. The normalized spacial score (nSPS) is 11.4. The maximum atomic E-state index is 5.24. The molecular weight excluding hydrogens is 326 g/mol. The van der Waals surface area contributed by atoms with Gasteiger partial charge in [-0.05, 0) is 29.8 Å². The van der Waals surface area contributed by atoms with E-state index in [1.54, 1.807) is 17.1 Å². The fourth-order valence-corrected chi connectivity index (χ4v) is 2.11. The molecule has 3 aromatic heterocycles. The van der Waals surface area contributed by atoms with Gasteiger partial charge in [-0.3, -0.25) is 4.68 Å². The first-order valence-electron chi connectivity index (χ1n) is 6.05. The first-order valence-corrected chi connectivity index (χ1v) is 6.84. The molecule has 0 radical (unpaired) electrons. The van der Waals surface area contributed by atoms with Gasteiger partial charge in [0.05, 0.1) is 10.7 Å². The molecule has 9 heteroatoms. The summed E-state index contributed by atoms with van der Waals surface area (Å²) in [6.45, 7) is 4.51. The van der Waals surface area contributed by atoms with E-state index in [1.165, 1.54) is 0 Å². The van der Waals surface area contributed by atoms with E-state index in [0.717, 1.165) is 4.47 Å². The van der Waals surface area contributed by atoms with Gasteiger partial charge >= 0.3 is 0 Å². The summed E-state index contributed by atoms with van der Waals surface area (Å²) in [5.74, 6) is 0.905. The van der Waals surface area contributed by atoms with E-state index in [2.05, 4.69) is 41.5 Å². The second kappa shape index (κ2) is 5.16. The molecule has 3 rings (SSSR count). The van der Waals surface area contributed by atoms with E-state index >= 15 is 0 Å². The molecule has 3 heterocycles. The number of nitrogens with zero attached hydrogens (tertiary/aromatic N) is 7. The van der Waals surface area contributed by atoms with Crippen LogP contribution >= 0.6 is 15.9 Å². The highest BCUT2D eigenvalue weighted by molar-refractivity contribution is 9.10. The molecule has 0 fully saturated rings. The molecule has 0 N–H and O–H groups in total. The Morgan fingerprint density at radius 1 is 1.40 bits per heavy atom. The summed E-state index contributed by atoms with van der Waals surface area (Å²) in [4.78, 5) is 4.32. The van der Waals surface area contributed by atoms with Gasteiger partial charge in [0.25, 0.3) is 5.89 Å². The monoisotopic (exact) mass is 337 g/mol. The molecule has 0 aromatic carbocycles. The molecule has 0 aliphatic heterocycles. The largest absolute Gasteiger partial charge is 0.332 e. The van der Waals surface area contributed by atoms with Gasteiger partial charge in [0.2, 0.25) is 0 Å². The fraction of sp³-hybridized carbons (Fsp3) is 0.364. The number of halogens is 1. The third-order valence-corrected chi connectivity index (χ3v) is 3.24. The van der Waals surface area contributed by atoms with Crippen LogP contribution in [0.4, 0.5) is 0 Å². The second-order valence-corrected chi connectivity index (χ2v) is 5.37. The first kappa shape index (κ1) is 13.0. The Labute approximate surface area is 122 Å². The fourth-order valence-electron chi connectivity index (χ4n) is 1.66. The summed E-state index contributed by atoms with van der Waals surface area (Å²) in [5, 5.41) is 15.9. The molecule has 0 bridgehead atoms. The smallest absolute Gasteiger partial charge is 0.279 e. The lowest BCUT2D eigenvalue weighted by Crippen LogP contribution is -2.02. The first-order chi connectivity index (χ1) is 9.63. The van der Waals surface area contributed by atoms with Crippen LogP contribution < -0.4 is 0 Å². The van der Waals surface area contributed by atoms with E-state index in [9.17, 15) is 0 Å². The Kier molecular flexibility index (Phi) is 3.35. The van der Waals surface area contributed by atoms with E-state index in [4.69, 9.17) is 4.52 Å². The Hall–Kier alpha value is -2.03. The van der Waals surface area contributed by atoms with E-state index < -0.39 is 0 Å². The standard InChI is InChI=1S/C11H12BrN7O/c1-7(2)19-5-8(12)10(15-19)11-14-9(16-20-11)6-18-4-3-13-17-18/h3-5,7H,6H2,1-2H3. The van der Waals surface area contributed by atoms with Crippen molar-refractivity contribution in [1.82, 2.24) is 34.9 Å². The van der Waals surface area contributed by atoms with Crippen LogP contribution in [0.15, 0.2) is 27.6 Å². The molecule has 0 atom stereocenters. The molecular formula is C11H12BrN7O. The van der Waals surface area contributed by atoms with E-state index in [0.29, 0.717) is 24.0 Å². The van der Waals surface area contributed by atoms with E-state index in [-0.39, 0.29) is 6.04 Å². The minimum absolute atomic E-state index is 0.262. The summed E-state index contributed by atoms with van der Waals surface area (Å²) in [6, 6.07) is 0.262.